The Morgan fingerprint density at radius 3 is 2.78 bits per heavy atom. The third kappa shape index (κ3) is 3.15. The lowest BCUT2D eigenvalue weighted by atomic mass is 10.1. The summed E-state index contributed by atoms with van der Waals surface area (Å²) in [5.41, 5.74) is 0.579. The number of rotatable bonds is 2. The van der Waals surface area contributed by atoms with E-state index in [0.717, 1.165) is 0 Å². The molecule has 1 aromatic carbocycles. The molecule has 0 amide bonds. The van der Waals surface area contributed by atoms with E-state index in [1.165, 1.54) is 12.1 Å². The van der Waals surface area contributed by atoms with E-state index in [0.29, 0.717) is 18.8 Å². The van der Waals surface area contributed by atoms with Crippen molar-refractivity contribution in [3.8, 4) is 0 Å². The standard InChI is InChI=1S/C14H17F2NO/c1-9-5-14(16)11(6-13(9)15)3-4-12-8-18-7-10(2)17-12/h3-6,10,12,17H,7-8H2,1-2H3/b4-3+. The monoisotopic (exact) mass is 253 g/mol. The highest BCUT2D eigenvalue weighted by Crippen LogP contribution is 2.16. The molecular weight excluding hydrogens is 236 g/mol. The molecule has 1 aromatic rings. The molecule has 4 heteroatoms. The predicted molar refractivity (Wildman–Crippen MR) is 67.3 cm³/mol. The van der Waals surface area contributed by atoms with Gasteiger partial charge < -0.3 is 10.1 Å². The number of halogens is 2. The Kier molecular flexibility index (Phi) is 4.09. The van der Waals surface area contributed by atoms with E-state index in [4.69, 9.17) is 4.74 Å². The van der Waals surface area contributed by atoms with E-state index < -0.39 is 11.6 Å². The minimum absolute atomic E-state index is 0.0394. The number of hydrogen-bond donors (Lipinski definition) is 1. The predicted octanol–water partition coefficient (Wildman–Crippen LogP) is 2.66. The molecule has 0 saturated carbocycles. The Morgan fingerprint density at radius 2 is 2.06 bits per heavy atom. The van der Waals surface area contributed by atoms with Crippen LogP contribution in [0.25, 0.3) is 6.08 Å². The first-order valence-electron chi connectivity index (χ1n) is 6.04. The van der Waals surface area contributed by atoms with Crippen molar-refractivity contribution >= 4 is 6.08 Å². The van der Waals surface area contributed by atoms with Crippen LogP contribution in [0.15, 0.2) is 18.2 Å². The summed E-state index contributed by atoms with van der Waals surface area (Å²) >= 11 is 0. The van der Waals surface area contributed by atoms with Gasteiger partial charge in [0.2, 0.25) is 0 Å². The Hall–Kier alpha value is -1.26. The molecule has 1 N–H and O–H groups in total. The molecule has 1 fully saturated rings. The summed E-state index contributed by atoms with van der Waals surface area (Å²) in [4.78, 5) is 0. The topological polar surface area (TPSA) is 21.3 Å². The maximum absolute atomic E-state index is 13.6. The lowest BCUT2D eigenvalue weighted by Crippen LogP contribution is -2.46. The maximum Gasteiger partial charge on any atom is 0.130 e. The number of nitrogens with one attached hydrogen (secondary N) is 1. The van der Waals surface area contributed by atoms with Gasteiger partial charge in [0.1, 0.15) is 11.6 Å². The zero-order valence-corrected chi connectivity index (χ0v) is 10.5. The van der Waals surface area contributed by atoms with Crippen molar-refractivity contribution in [3.05, 3.63) is 41.0 Å². The first-order chi connectivity index (χ1) is 8.56. The third-order valence-electron chi connectivity index (χ3n) is 2.95. The minimum atomic E-state index is -0.407. The fourth-order valence-corrected chi connectivity index (χ4v) is 1.95. The largest absolute Gasteiger partial charge is 0.378 e. The van der Waals surface area contributed by atoms with E-state index in [-0.39, 0.29) is 17.6 Å². The summed E-state index contributed by atoms with van der Waals surface area (Å²) in [6.45, 7) is 4.80. The molecule has 0 radical (unpaired) electrons. The van der Waals surface area contributed by atoms with Crippen LogP contribution in [-0.2, 0) is 4.74 Å². The highest BCUT2D eigenvalue weighted by atomic mass is 19.1. The lowest BCUT2D eigenvalue weighted by molar-refractivity contribution is 0.0637. The van der Waals surface area contributed by atoms with Crippen molar-refractivity contribution in [2.75, 3.05) is 13.2 Å². The summed E-state index contributed by atoms with van der Waals surface area (Å²) in [5, 5.41) is 3.30. The smallest absolute Gasteiger partial charge is 0.130 e. The van der Waals surface area contributed by atoms with Gasteiger partial charge in [-0.15, -0.1) is 0 Å². The van der Waals surface area contributed by atoms with Crippen molar-refractivity contribution in [1.82, 2.24) is 5.32 Å². The molecule has 1 heterocycles. The molecule has 0 aromatic heterocycles. The van der Waals surface area contributed by atoms with Crippen LogP contribution in [0.1, 0.15) is 18.1 Å². The van der Waals surface area contributed by atoms with Gasteiger partial charge in [0.05, 0.1) is 13.2 Å². The number of ether oxygens (including phenoxy) is 1. The van der Waals surface area contributed by atoms with E-state index in [9.17, 15) is 8.78 Å². The highest BCUT2D eigenvalue weighted by Gasteiger charge is 2.15. The van der Waals surface area contributed by atoms with Gasteiger partial charge in [-0.25, -0.2) is 8.78 Å². The number of hydrogen-bond acceptors (Lipinski definition) is 2. The lowest BCUT2D eigenvalue weighted by Gasteiger charge is -2.26. The fourth-order valence-electron chi connectivity index (χ4n) is 1.95. The first-order valence-corrected chi connectivity index (χ1v) is 6.04. The van der Waals surface area contributed by atoms with Crippen molar-refractivity contribution < 1.29 is 13.5 Å². The number of benzene rings is 1. The van der Waals surface area contributed by atoms with Crippen LogP contribution >= 0.6 is 0 Å². The van der Waals surface area contributed by atoms with Crippen molar-refractivity contribution in [3.63, 3.8) is 0 Å². The third-order valence-corrected chi connectivity index (χ3v) is 2.95. The Balaban J connectivity index is 2.11. The van der Waals surface area contributed by atoms with Crippen molar-refractivity contribution in [1.29, 1.82) is 0 Å². The first kappa shape index (κ1) is 13.2. The summed E-state index contributed by atoms with van der Waals surface area (Å²) in [7, 11) is 0. The summed E-state index contributed by atoms with van der Waals surface area (Å²) < 4.78 is 32.3. The molecule has 2 unspecified atom stereocenters. The van der Waals surface area contributed by atoms with Crippen LogP contribution in [0.2, 0.25) is 0 Å². The number of morpholine rings is 1. The molecule has 0 bridgehead atoms. The average molecular weight is 253 g/mol. The number of aryl methyl sites for hydroxylation is 1. The van der Waals surface area contributed by atoms with E-state index >= 15 is 0 Å². The van der Waals surface area contributed by atoms with Gasteiger partial charge in [-0.05, 0) is 31.5 Å². The summed E-state index contributed by atoms with van der Waals surface area (Å²) in [6.07, 6.45) is 3.40. The fraction of sp³-hybridized carbons (Fsp3) is 0.429. The molecule has 2 atom stereocenters. The molecule has 2 nitrogen and oxygen atoms in total. The quantitative estimate of drug-likeness (QED) is 0.875. The van der Waals surface area contributed by atoms with Crippen molar-refractivity contribution in [2.45, 2.75) is 25.9 Å². The van der Waals surface area contributed by atoms with Gasteiger partial charge in [0.25, 0.3) is 0 Å². The van der Waals surface area contributed by atoms with Gasteiger partial charge >= 0.3 is 0 Å². The second kappa shape index (κ2) is 5.59. The Morgan fingerprint density at radius 1 is 1.28 bits per heavy atom. The van der Waals surface area contributed by atoms with Crippen LogP contribution in [0.4, 0.5) is 8.78 Å². The van der Waals surface area contributed by atoms with Crippen LogP contribution in [0.3, 0.4) is 0 Å². The molecular formula is C14H17F2NO. The van der Waals surface area contributed by atoms with Gasteiger partial charge in [-0.2, -0.15) is 0 Å². The second-order valence-corrected chi connectivity index (χ2v) is 4.69. The van der Waals surface area contributed by atoms with Crippen LogP contribution < -0.4 is 5.32 Å². The Labute approximate surface area is 106 Å². The van der Waals surface area contributed by atoms with Crippen molar-refractivity contribution in [2.24, 2.45) is 0 Å². The summed E-state index contributed by atoms with van der Waals surface area (Å²) in [6, 6.07) is 2.74. The van der Waals surface area contributed by atoms with Crippen LogP contribution in [0.5, 0.6) is 0 Å². The molecule has 1 aliphatic heterocycles. The SMILES string of the molecule is Cc1cc(F)c(/C=C/C2COCC(C)N2)cc1F. The van der Waals surface area contributed by atoms with E-state index in [2.05, 4.69) is 5.32 Å². The Bertz CT molecular complexity index is 459. The van der Waals surface area contributed by atoms with Crippen LogP contribution in [0, 0.1) is 18.6 Å². The highest BCUT2D eigenvalue weighted by molar-refractivity contribution is 5.51. The van der Waals surface area contributed by atoms with E-state index in [1.807, 2.05) is 13.0 Å². The zero-order chi connectivity index (χ0) is 13.1. The molecule has 18 heavy (non-hydrogen) atoms. The molecule has 0 spiro atoms. The van der Waals surface area contributed by atoms with Gasteiger partial charge in [0, 0.05) is 17.6 Å². The maximum atomic E-state index is 13.6. The van der Waals surface area contributed by atoms with Gasteiger partial charge in [-0.3, -0.25) is 0 Å². The van der Waals surface area contributed by atoms with Gasteiger partial charge in [-0.1, -0.05) is 12.2 Å². The van der Waals surface area contributed by atoms with Crippen LogP contribution in [-0.4, -0.2) is 25.3 Å². The molecule has 1 aliphatic rings. The second-order valence-electron chi connectivity index (χ2n) is 4.69. The zero-order valence-electron chi connectivity index (χ0n) is 10.5. The molecule has 1 saturated heterocycles. The minimum Gasteiger partial charge on any atom is -0.378 e. The summed E-state index contributed by atoms with van der Waals surface area (Å²) in [5.74, 6) is -0.799. The van der Waals surface area contributed by atoms with E-state index in [1.54, 1.807) is 13.0 Å². The van der Waals surface area contributed by atoms with Gasteiger partial charge in [0.15, 0.2) is 0 Å². The molecule has 0 aliphatic carbocycles. The molecule has 2 rings (SSSR count). The molecule has 98 valence electrons. The normalized spacial score (nSPS) is 24.7. The average Bonchev–Trinajstić information content (AvgIpc) is 2.32.